The molecule has 1 saturated heterocycles. The van der Waals surface area contributed by atoms with Gasteiger partial charge >= 0.3 is 0 Å². The van der Waals surface area contributed by atoms with Crippen LogP contribution in [-0.4, -0.2) is 48.3 Å². The highest BCUT2D eigenvalue weighted by atomic mass is 16.5. The Morgan fingerprint density at radius 3 is 2.74 bits per heavy atom. The second-order valence-corrected chi connectivity index (χ2v) is 5.31. The van der Waals surface area contributed by atoms with E-state index in [0.29, 0.717) is 5.56 Å². The number of nitriles is 1. The summed E-state index contributed by atoms with van der Waals surface area (Å²) >= 11 is 0. The van der Waals surface area contributed by atoms with Crippen LogP contribution in [0.2, 0.25) is 0 Å². The van der Waals surface area contributed by atoms with Crippen molar-refractivity contribution in [3.63, 3.8) is 0 Å². The summed E-state index contributed by atoms with van der Waals surface area (Å²) in [5.41, 5.74) is 0.636. The Bertz CT molecular complexity index is 444. The lowest BCUT2D eigenvalue weighted by Crippen LogP contribution is -2.53. The lowest BCUT2D eigenvalue weighted by atomic mass is 10.0. The maximum absolute atomic E-state index is 8.73. The first-order chi connectivity index (χ1) is 9.12. The highest BCUT2D eigenvalue weighted by molar-refractivity contribution is 5.39. The van der Waals surface area contributed by atoms with Gasteiger partial charge in [-0.2, -0.15) is 5.26 Å². The van der Waals surface area contributed by atoms with E-state index in [9.17, 15) is 0 Å². The highest BCUT2D eigenvalue weighted by Gasteiger charge is 2.27. The molecule has 5 heteroatoms. The molecule has 0 bridgehead atoms. The molecule has 5 nitrogen and oxygen atoms in total. The molecule has 1 N–H and O–H groups in total. The molecule has 1 aliphatic heterocycles. The van der Waals surface area contributed by atoms with Crippen LogP contribution in [0.25, 0.3) is 0 Å². The van der Waals surface area contributed by atoms with Crippen LogP contribution in [0.15, 0.2) is 18.3 Å². The number of hydrogen-bond acceptors (Lipinski definition) is 5. The summed E-state index contributed by atoms with van der Waals surface area (Å²) in [6, 6.07) is 5.68. The number of morpholine rings is 1. The number of aromatic nitrogens is 1. The molecule has 2 heterocycles. The summed E-state index contributed by atoms with van der Waals surface area (Å²) in [7, 11) is 0. The van der Waals surface area contributed by atoms with Crippen molar-refractivity contribution in [2.75, 3.05) is 38.2 Å². The van der Waals surface area contributed by atoms with Crippen molar-refractivity contribution in [3.8, 4) is 6.07 Å². The van der Waals surface area contributed by atoms with E-state index in [4.69, 9.17) is 10.00 Å². The van der Waals surface area contributed by atoms with Gasteiger partial charge in [-0.15, -0.1) is 0 Å². The quantitative estimate of drug-likeness (QED) is 0.888. The van der Waals surface area contributed by atoms with E-state index in [1.54, 1.807) is 12.3 Å². The standard InChI is InChI=1S/C14H20N4O/c1-14(2,18-5-7-19-8-6-18)11-17-13-4-3-12(9-15)10-16-13/h3-4,10H,5-8,11H2,1-2H3,(H,16,17). The number of anilines is 1. The van der Waals surface area contributed by atoms with Crippen LogP contribution in [0.1, 0.15) is 19.4 Å². The fourth-order valence-electron chi connectivity index (χ4n) is 2.15. The van der Waals surface area contributed by atoms with E-state index in [1.165, 1.54) is 0 Å². The van der Waals surface area contributed by atoms with Gasteiger partial charge in [-0.25, -0.2) is 4.98 Å². The summed E-state index contributed by atoms with van der Waals surface area (Å²) < 4.78 is 5.38. The normalized spacial score (nSPS) is 16.9. The second-order valence-electron chi connectivity index (χ2n) is 5.31. The van der Waals surface area contributed by atoms with Crippen molar-refractivity contribution in [1.82, 2.24) is 9.88 Å². The average molecular weight is 260 g/mol. The topological polar surface area (TPSA) is 61.2 Å². The molecule has 1 aromatic heterocycles. The molecule has 1 aliphatic rings. The lowest BCUT2D eigenvalue weighted by molar-refractivity contribution is -0.00570. The van der Waals surface area contributed by atoms with Crippen molar-refractivity contribution < 1.29 is 4.74 Å². The monoisotopic (exact) mass is 260 g/mol. The number of nitrogens with one attached hydrogen (secondary N) is 1. The Kier molecular flexibility index (Phi) is 4.35. The molecule has 0 saturated carbocycles. The largest absolute Gasteiger partial charge is 0.379 e. The average Bonchev–Trinajstić information content (AvgIpc) is 2.47. The fourth-order valence-corrected chi connectivity index (χ4v) is 2.15. The van der Waals surface area contributed by atoms with Gasteiger partial charge in [0, 0.05) is 31.4 Å². The Morgan fingerprint density at radius 1 is 1.42 bits per heavy atom. The molecule has 102 valence electrons. The Labute approximate surface area is 114 Å². The number of rotatable bonds is 4. The SMILES string of the molecule is CC(C)(CNc1ccc(C#N)cn1)N1CCOCC1. The van der Waals surface area contributed by atoms with Gasteiger partial charge in [-0.1, -0.05) is 0 Å². The lowest BCUT2D eigenvalue weighted by Gasteiger charge is -2.41. The van der Waals surface area contributed by atoms with Crippen LogP contribution in [0.3, 0.4) is 0 Å². The minimum atomic E-state index is 0.0549. The number of nitrogens with zero attached hydrogens (tertiary/aromatic N) is 3. The predicted molar refractivity (Wildman–Crippen MR) is 73.9 cm³/mol. The van der Waals surface area contributed by atoms with Crippen LogP contribution < -0.4 is 5.32 Å². The minimum Gasteiger partial charge on any atom is -0.379 e. The summed E-state index contributed by atoms with van der Waals surface area (Å²) in [5, 5.41) is 12.1. The zero-order chi connectivity index (χ0) is 13.7. The predicted octanol–water partition coefficient (Wildman–Crippen LogP) is 1.48. The van der Waals surface area contributed by atoms with Crippen LogP contribution in [0.5, 0.6) is 0 Å². The Balaban J connectivity index is 1.90. The van der Waals surface area contributed by atoms with E-state index in [2.05, 4.69) is 35.1 Å². The van der Waals surface area contributed by atoms with Crippen molar-refractivity contribution in [3.05, 3.63) is 23.9 Å². The third-order valence-corrected chi connectivity index (χ3v) is 3.46. The third kappa shape index (κ3) is 3.66. The molecule has 0 aromatic carbocycles. The van der Waals surface area contributed by atoms with Gasteiger partial charge in [0.2, 0.25) is 0 Å². The fraction of sp³-hybridized carbons (Fsp3) is 0.571. The van der Waals surface area contributed by atoms with Crippen LogP contribution in [-0.2, 0) is 4.74 Å². The summed E-state index contributed by atoms with van der Waals surface area (Å²) in [6.07, 6.45) is 1.59. The van der Waals surface area contributed by atoms with Crippen LogP contribution in [0, 0.1) is 11.3 Å². The van der Waals surface area contributed by atoms with E-state index in [0.717, 1.165) is 38.7 Å². The number of pyridine rings is 1. The van der Waals surface area contributed by atoms with E-state index in [-0.39, 0.29) is 5.54 Å². The summed E-state index contributed by atoms with van der Waals surface area (Å²) in [4.78, 5) is 6.64. The maximum Gasteiger partial charge on any atom is 0.126 e. The summed E-state index contributed by atoms with van der Waals surface area (Å²) in [6.45, 7) is 8.79. The van der Waals surface area contributed by atoms with Gasteiger partial charge in [0.1, 0.15) is 11.9 Å². The zero-order valence-corrected chi connectivity index (χ0v) is 11.5. The van der Waals surface area contributed by atoms with Crippen molar-refractivity contribution in [2.24, 2.45) is 0 Å². The van der Waals surface area contributed by atoms with Gasteiger partial charge in [0.25, 0.3) is 0 Å². The molecule has 1 aromatic rings. The van der Waals surface area contributed by atoms with Gasteiger partial charge in [-0.05, 0) is 26.0 Å². The van der Waals surface area contributed by atoms with E-state index >= 15 is 0 Å². The molecule has 0 amide bonds. The van der Waals surface area contributed by atoms with Gasteiger partial charge in [0.15, 0.2) is 0 Å². The maximum atomic E-state index is 8.73. The summed E-state index contributed by atoms with van der Waals surface area (Å²) in [5.74, 6) is 0.806. The molecule has 0 aliphatic carbocycles. The molecule has 0 spiro atoms. The number of hydrogen-bond donors (Lipinski definition) is 1. The molecule has 2 rings (SSSR count). The van der Waals surface area contributed by atoms with Crippen molar-refractivity contribution in [1.29, 1.82) is 5.26 Å². The van der Waals surface area contributed by atoms with Gasteiger partial charge < -0.3 is 10.1 Å². The van der Waals surface area contributed by atoms with Crippen LogP contribution in [0.4, 0.5) is 5.82 Å². The molecule has 0 unspecified atom stereocenters. The highest BCUT2D eigenvalue weighted by Crippen LogP contribution is 2.17. The first-order valence-electron chi connectivity index (χ1n) is 6.55. The molecule has 0 atom stereocenters. The first kappa shape index (κ1) is 13.8. The minimum absolute atomic E-state index is 0.0549. The van der Waals surface area contributed by atoms with E-state index in [1.807, 2.05) is 6.07 Å². The van der Waals surface area contributed by atoms with Crippen molar-refractivity contribution >= 4 is 5.82 Å². The molecule has 1 fully saturated rings. The van der Waals surface area contributed by atoms with E-state index < -0.39 is 0 Å². The smallest absolute Gasteiger partial charge is 0.126 e. The molecule has 0 radical (unpaired) electrons. The Hall–Kier alpha value is -1.64. The van der Waals surface area contributed by atoms with Gasteiger partial charge in [0.05, 0.1) is 18.8 Å². The Morgan fingerprint density at radius 2 is 2.16 bits per heavy atom. The van der Waals surface area contributed by atoms with Crippen molar-refractivity contribution in [2.45, 2.75) is 19.4 Å². The number of ether oxygens (including phenoxy) is 1. The third-order valence-electron chi connectivity index (χ3n) is 3.46. The molecule has 19 heavy (non-hydrogen) atoms. The van der Waals surface area contributed by atoms with Gasteiger partial charge in [-0.3, -0.25) is 4.90 Å². The molecular weight excluding hydrogens is 240 g/mol. The second kappa shape index (κ2) is 6.00. The first-order valence-corrected chi connectivity index (χ1v) is 6.55. The van der Waals surface area contributed by atoms with Crippen LogP contribution >= 0.6 is 0 Å². The zero-order valence-electron chi connectivity index (χ0n) is 11.5. The molecular formula is C14H20N4O.